The van der Waals surface area contributed by atoms with Gasteiger partial charge in [-0.05, 0) is 38.0 Å². The summed E-state index contributed by atoms with van der Waals surface area (Å²) in [4.78, 5) is 24.9. The van der Waals surface area contributed by atoms with Gasteiger partial charge in [-0.15, -0.1) is 0 Å². The number of carboxylic acids is 1. The molecule has 23 heavy (non-hydrogen) atoms. The van der Waals surface area contributed by atoms with Crippen LogP contribution in [0.2, 0.25) is 0 Å². The minimum atomic E-state index is -3.44. The fourth-order valence-corrected chi connectivity index (χ4v) is 3.33. The third-order valence-corrected chi connectivity index (χ3v) is 4.72. The highest BCUT2D eigenvalue weighted by Crippen LogP contribution is 2.20. The van der Waals surface area contributed by atoms with Gasteiger partial charge >= 0.3 is 5.97 Å². The molecule has 0 atom stereocenters. The van der Waals surface area contributed by atoms with Gasteiger partial charge in [-0.2, -0.15) is 0 Å². The van der Waals surface area contributed by atoms with Crippen LogP contribution >= 0.6 is 0 Å². The van der Waals surface area contributed by atoms with Crippen molar-refractivity contribution < 1.29 is 23.1 Å². The summed E-state index contributed by atoms with van der Waals surface area (Å²) in [5.74, 6) is -1.35. The van der Waals surface area contributed by atoms with Gasteiger partial charge in [0.15, 0.2) is 9.84 Å². The van der Waals surface area contributed by atoms with Gasteiger partial charge in [-0.1, -0.05) is 13.0 Å². The maximum atomic E-state index is 12.6. The predicted octanol–water partition coefficient (Wildman–Crippen LogP) is 1.98. The predicted molar refractivity (Wildman–Crippen MR) is 87.4 cm³/mol. The summed E-state index contributed by atoms with van der Waals surface area (Å²) >= 11 is 0. The van der Waals surface area contributed by atoms with Crippen molar-refractivity contribution in [1.29, 1.82) is 0 Å². The number of sulfone groups is 1. The van der Waals surface area contributed by atoms with Crippen molar-refractivity contribution in [1.82, 2.24) is 4.90 Å². The highest BCUT2D eigenvalue weighted by molar-refractivity contribution is 7.90. The van der Waals surface area contributed by atoms with Crippen LogP contribution < -0.4 is 0 Å². The fraction of sp³-hybridized carbons (Fsp3) is 0.500. The minimum absolute atomic E-state index is 0.0789. The highest BCUT2D eigenvalue weighted by atomic mass is 32.2. The van der Waals surface area contributed by atoms with Gasteiger partial charge in [0, 0.05) is 24.4 Å². The minimum Gasteiger partial charge on any atom is -0.481 e. The number of rotatable bonds is 7. The molecule has 128 valence electrons. The summed E-state index contributed by atoms with van der Waals surface area (Å²) in [6.45, 7) is 5.50. The quantitative estimate of drug-likeness (QED) is 0.819. The molecule has 1 aromatic carbocycles. The molecule has 0 aliphatic carbocycles. The third kappa shape index (κ3) is 5.06. The first-order chi connectivity index (χ1) is 10.6. The van der Waals surface area contributed by atoms with E-state index in [1.807, 2.05) is 6.92 Å². The second-order valence-electron chi connectivity index (χ2n) is 5.68. The number of carboxylic acid groups (broad SMARTS) is 1. The zero-order valence-corrected chi connectivity index (χ0v) is 14.7. The van der Waals surface area contributed by atoms with Crippen LogP contribution in [0.4, 0.5) is 0 Å². The van der Waals surface area contributed by atoms with Crippen LogP contribution in [0.15, 0.2) is 23.1 Å². The number of aliphatic carboxylic acids is 1. The Hall–Kier alpha value is -1.89. The molecular weight excluding hydrogens is 318 g/mol. The Balaban J connectivity index is 3.22. The Bertz CT molecular complexity index is 694. The Morgan fingerprint density at radius 1 is 1.26 bits per heavy atom. The molecule has 0 saturated carbocycles. The molecule has 1 amide bonds. The smallest absolute Gasteiger partial charge is 0.305 e. The molecule has 6 nitrogen and oxygen atoms in total. The molecule has 1 N–H and O–H groups in total. The molecule has 0 aliphatic heterocycles. The Labute approximate surface area is 137 Å². The largest absolute Gasteiger partial charge is 0.481 e. The van der Waals surface area contributed by atoms with Crippen LogP contribution in [0.1, 0.15) is 43.1 Å². The summed E-state index contributed by atoms with van der Waals surface area (Å²) in [5.41, 5.74) is 0.910. The van der Waals surface area contributed by atoms with E-state index in [0.717, 1.165) is 6.26 Å². The maximum absolute atomic E-state index is 12.6. The van der Waals surface area contributed by atoms with E-state index >= 15 is 0 Å². The first-order valence-electron chi connectivity index (χ1n) is 7.43. The van der Waals surface area contributed by atoms with E-state index in [0.29, 0.717) is 12.0 Å². The molecule has 0 saturated heterocycles. The average Bonchev–Trinajstić information content (AvgIpc) is 2.44. The summed E-state index contributed by atoms with van der Waals surface area (Å²) in [5, 5.41) is 8.80. The van der Waals surface area contributed by atoms with Crippen molar-refractivity contribution in [3.05, 3.63) is 29.3 Å². The van der Waals surface area contributed by atoms with Crippen molar-refractivity contribution in [3.63, 3.8) is 0 Å². The van der Waals surface area contributed by atoms with E-state index < -0.39 is 15.8 Å². The van der Waals surface area contributed by atoms with E-state index in [1.165, 1.54) is 11.0 Å². The number of benzene rings is 1. The Morgan fingerprint density at radius 3 is 2.30 bits per heavy atom. The van der Waals surface area contributed by atoms with Crippen molar-refractivity contribution >= 4 is 21.7 Å². The number of amides is 1. The number of hydrogen-bond donors (Lipinski definition) is 1. The molecule has 0 spiro atoms. The first kappa shape index (κ1) is 19.2. The van der Waals surface area contributed by atoms with Crippen molar-refractivity contribution in [2.24, 2.45) is 0 Å². The molecule has 1 rings (SSSR count). The maximum Gasteiger partial charge on any atom is 0.305 e. The highest BCUT2D eigenvalue weighted by Gasteiger charge is 2.22. The number of carbonyl (C=O) groups is 2. The zero-order valence-electron chi connectivity index (χ0n) is 13.9. The van der Waals surface area contributed by atoms with Crippen LogP contribution in [-0.4, -0.2) is 49.1 Å². The number of carbonyl (C=O) groups excluding carboxylic acids is 1. The van der Waals surface area contributed by atoms with E-state index in [9.17, 15) is 18.0 Å². The average molecular weight is 341 g/mol. The second kappa shape index (κ2) is 7.59. The lowest BCUT2D eigenvalue weighted by molar-refractivity contribution is -0.137. The Kier molecular flexibility index (Phi) is 6.32. The Morgan fingerprint density at radius 2 is 1.87 bits per heavy atom. The molecule has 0 heterocycles. The number of hydrogen-bond acceptors (Lipinski definition) is 4. The third-order valence-electron chi connectivity index (χ3n) is 3.55. The molecule has 0 radical (unpaired) electrons. The lowest BCUT2D eigenvalue weighted by atomic mass is 10.1. The van der Waals surface area contributed by atoms with Crippen molar-refractivity contribution in [3.8, 4) is 0 Å². The first-order valence-corrected chi connectivity index (χ1v) is 9.32. The van der Waals surface area contributed by atoms with Gasteiger partial charge in [0.05, 0.1) is 11.3 Å². The SMILES string of the molecule is CCc1ccc(C(=O)N(CCC(=O)O)C(C)C)cc1S(C)(=O)=O. The topological polar surface area (TPSA) is 91.8 Å². The number of aryl methyl sites for hydroxylation is 1. The van der Waals surface area contributed by atoms with Crippen LogP contribution in [0.25, 0.3) is 0 Å². The van der Waals surface area contributed by atoms with Crippen LogP contribution in [0.5, 0.6) is 0 Å². The van der Waals surface area contributed by atoms with Gasteiger partial charge in [0.25, 0.3) is 5.91 Å². The van der Waals surface area contributed by atoms with E-state index in [-0.39, 0.29) is 35.4 Å². The van der Waals surface area contributed by atoms with E-state index in [4.69, 9.17) is 5.11 Å². The number of nitrogens with zero attached hydrogens (tertiary/aromatic N) is 1. The summed E-state index contributed by atoms with van der Waals surface area (Å²) in [7, 11) is -3.44. The van der Waals surface area contributed by atoms with Crippen LogP contribution in [-0.2, 0) is 21.1 Å². The van der Waals surface area contributed by atoms with Crippen LogP contribution in [0, 0.1) is 0 Å². The molecule has 0 aromatic heterocycles. The summed E-state index contributed by atoms with van der Waals surface area (Å²) in [6.07, 6.45) is 1.50. The van der Waals surface area contributed by atoms with E-state index in [2.05, 4.69) is 0 Å². The molecule has 0 fully saturated rings. The van der Waals surface area contributed by atoms with Gasteiger partial charge in [-0.25, -0.2) is 8.42 Å². The lowest BCUT2D eigenvalue weighted by Gasteiger charge is -2.26. The monoisotopic (exact) mass is 341 g/mol. The van der Waals surface area contributed by atoms with Gasteiger partial charge < -0.3 is 10.0 Å². The van der Waals surface area contributed by atoms with Crippen LogP contribution in [0.3, 0.4) is 0 Å². The molecule has 7 heteroatoms. The molecule has 0 unspecified atom stereocenters. The second-order valence-corrected chi connectivity index (χ2v) is 7.67. The lowest BCUT2D eigenvalue weighted by Crippen LogP contribution is -2.38. The molecule has 1 aromatic rings. The summed E-state index contributed by atoms with van der Waals surface area (Å²) in [6, 6.07) is 4.42. The van der Waals surface area contributed by atoms with Gasteiger partial charge in [0.2, 0.25) is 0 Å². The standard InChI is InChI=1S/C16H23NO5S/c1-5-12-6-7-13(10-14(12)23(4,21)22)16(20)17(11(2)3)9-8-15(18)19/h6-7,10-11H,5,8-9H2,1-4H3,(H,18,19). The van der Waals surface area contributed by atoms with Crippen molar-refractivity contribution in [2.45, 2.75) is 44.6 Å². The van der Waals surface area contributed by atoms with E-state index in [1.54, 1.807) is 26.0 Å². The molecule has 0 bridgehead atoms. The summed E-state index contributed by atoms with van der Waals surface area (Å²) < 4.78 is 23.8. The van der Waals surface area contributed by atoms with Gasteiger partial charge in [0.1, 0.15) is 0 Å². The normalized spacial score (nSPS) is 11.5. The molecular formula is C16H23NO5S. The zero-order chi connectivity index (χ0) is 17.8. The fourth-order valence-electron chi connectivity index (χ4n) is 2.30. The van der Waals surface area contributed by atoms with Gasteiger partial charge in [-0.3, -0.25) is 9.59 Å². The van der Waals surface area contributed by atoms with Crippen molar-refractivity contribution in [2.75, 3.05) is 12.8 Å². The molecule has 0 aliphatic rings.